The standard InChI is InChI=1S/C16H12N4O9S2.2Na/c21-15-13(18-17-9-1-5-11(6-2-9)30(24,25)26)14(16(22)23)19-20(15)10-3-7-12(8-4-10)31(27,28)29;;/h1-8,19H,(H,22,23)(H,24,25,26)(H,27,28,29);;/q;2*+1/p-2. The van der Waals surface area contributed by atoms with Gasteiger partial charge in [-0.05, 0) is 48.5 Å². The van der Waals surface area contributed by atoms with Crippen molar-refractivity contribution in [3.8, 4) is 5.69 Å². The zero-order valence-electron chi connectivity index (χ0n) is 17.0. The van der Waals surface area contributed by atoms with E-state index in [1.807, 2.05) is 0 Å². The second-order valence-corrected chi connectivity index (χ2v) is 8.64. The Hall–Kier alpha value is -1.66. The number of nitrogens with one attached hydrogen (secondary N) is 1. The van der Waals surface area contributed by atoms with Crippen LogP contribution in [0.5, 0.6) is 0 Å². The third-order valence-electron chi connectivity index (χ3n) is 3.85. The van der Waals surface area contributed by atoms with Crippen LogP contribution in [0.2, 0.25) is 0 Å². The molecule has 3 aromatic rings. The maximum Gasteiger partial charge on any atom is 1.00 e. The number of aromatic nitrogens is 2. The first-order valence-electron chi connectivity index (χ1n) is 8.00. The number of aromatic amines is 1. The van der Waals surface area contributed by atoms with E-state index in [-0.39, 0.29) is 70.5 Å². The largest absolute Gasteiger partial charge is 1.00 e. The molecule has 0 aliphatic carbocycles. The molecule has 3 rings (SSSR count). The molecule has 0 aliphatic rings. The van der Waals surface area contributed by atoms with E-state index in [0.717, 1.165) is 53.2 Å². The van der Waals surface area contributed by atoms with Crippen molar-refractivity contribution in [3.63, 3.8) is 0 Å². The van der Waals surface area contributed by atoms with E-state index in [9.17, 15) is 40.6 Å². The molecule has 0 spiro atoms. The van der Waals surface area contributed by atoms with E-state index < -0.39 is 52.9 Å². The van der Waals surface area contributed by atoms with E-state index in [1.165, 1.54) is 0 Å². The SMILES string of the molecule is O=C(O)c1[nH]n(-c2ccc(S(=O)(=O)[O-])cc2)c(=O)c1N=Nc1ccc(S(=O)(=O)[O-])cc1.[Na+].[Na+]. The van der Waals surface area contributed by atoms with Crippen LogP contribution >= 0.6 is 0 Å². The summed E-state index contributed by atoms with van der Waals surface area (Å²) in [6.07, 6.45) is 0. The minimum atomic E-state index is -4.71. The molecule has 0 atom stereocenters. The van der Waals surface area contributed by atoms with Gasteiger partial charge in [-0.2, -0.15) is 5.11 Å². The van der Waals surface area contributed by atoms with Crippen LogP contribution in [0.25, 0.3) is 5.69 Å². The molecule has 0 fully saturated rings. The molecule has 0 radical (unpaired) electrons. The van der Waals surface area contributed by atoms with Crippen LogP contribution in [0.3, 0.4) is 0 Å². The van der Waals surface area contributed by atoms with Gasteiger partial charge in [-0.15, -0.1) is 5.11 Å². The monoisotopic (exact) mass is 512 g/mol. The number of carboxylic acids is 1. The van der Waals surface area contributed by atoms with E-state index in [4.69, 9.17) is 0 Å². The van der Waals surface area contributed by atoms with Crippen LogP contribution in [0.4, 0.5) is 11.4 Å². The van der Waals surface area contributed by atoms with Gasteiger partial charge in [-0.3, -0.25) is 9.89 Å². The predicted octanol–water partition coefficient (Wildman–Crippen LogP) is -4.90. The molecule has 1 aromatic heterocycles. The van der Waals surface area contributed by atoms with Gasteiger partial charge < -0.3 is 14.2 Å². The number of carbonyl (C=O) groups is 1. The van der Waals surface area contributed by atoms with Gasteiger partial charge in [0.15, 0.2) is 11.4 Å². The Balaban J connectivity index is 0.00000272. The number of nitrogens with zero attached hydrogens (tertiary/aromatic N) is 3. The Labute approximate surface area is 230 Å². The number of hydrogen-bond donors (Lipinski definition) is 2. The molecule has 33 heavy (non-hydrogen) atoms. The minimum absolute atomic E-state index is 0. The van der Waals surface area contributed by atoms with Crippen LogP contribution in [0.15, 0.2) is 73.3 Å². The summed E-state index contributed by atoms with van der Waals surface area (Å²) in [5.74, 6) is -1.55. The smallest absolute Gasteiger partial charge is 0.744 e. The first kappa shape index (κ1) is 29.4. The topological polar surface area (TPSA) is 214 Å². The molecular formula is C16H10N4Na2O9S2. The summed E-state index contributed by atoms with van der Waals surface area (Å²) in [6, 6.07) is 8.29. The molecule has 0 bridgehead atoms. The Morgan fingerprint density at radius 1 is 0.848 bits per heavy atom. The van der Waals surface area contributed by atoms with Crippen LogP contribution < -0.4 is 64.7 Å². The number of rotatable bonds is 6. The van der Waals surface area contributed by atoms with Crippen molar-refractivity contribution >= 4 is 37.6 Å². The van der Waals surface area contributed by atoms with Gasteiger partial charge in [0, 0.05) is 0 Å². The maximum atomic E-state index is 12.6. The molecule has 0 unspecified atom stereocenters. The van der Waals surface area contributed by atoms with Crippen molar-refractivity contribution in [1.29, 1.82) is 0 Å². The summed E-state index contributed by atoms with van der Waals surface area (Å²) >= 11 is 0. The summed E-state index contributed by atoms with van der Waals surface area (Å²) < 4.78 is 66.5. The number of aromatic carboxylic acids is 1. The zero-order valence-corrected chi connectivity index (χ0v) is 22.6. The van der Waals surface area contributed by atoms with Gasteiger partial charge in [0.2, 0.25) is 0 Å². The predicted molar refractivity (Wildman–Crippen MR) is 99.9 cm³/mol. The van der Waals surface area contributed by atoms with E-state index in [1.54, 1.807) is 0 Å². The van der Waals surface area contributed by atoms with Crippen molar-refractivity contribution in [2.75, 3.05) is 0 Å². The molecular weight excluding hydrogens is 502 g/mol. The Morgan fingerprint density at radius 3 is 1.73 bits per heavy atom. The number of azo groups is 1. The molecule has 162 valence electrons. The quantitative estimate of drug-likeness (QED) is 0.184. The second-order valence-electron chi connectivity index (χ2n) is 5.88. The summed E-state index contributed by atoms with van der Waals surface area (Å²) in [7, 11) is -9.38. The number of hydrogen-bond acceptors (Lipinski definition) is 10. The van der Waals surface area contributed by atoms with Crippen LogP contribution in [-0.4, -0.2) is 46.8 Å². The van der Waals surface area contributed by atoms with Crippen molar-refractivity contribution in [1.82, 2.24) is 9.78 Å². The van der Waals surface area contributed by atoms with Gasteiger partial charge in [0.1, 0.15) is 20.2 Å². The molecule has 1 heterocycles. The third-order valence-corrected chi connectivity index (χ3v) is 5.55. The fourth-order valence-corrected chi connectivity index (χ4v) is 3.34. The molecule has 0 aliphatic heterocycles. The van der Waals surface area contributed by atoms with Crippen LogP contribution in [0, 0.1) is 0 Å². The number of carboxylic acid groups (broad SMARTS) is 1. The van der Waals surface area contributed by atoms with Crippen LogP contribution in [0.1, 0.15) is 10.5 Å². The molecule has 17 heteroatoms. The normalized spacial score (nSPS) is 11.6. The molecule has 0 saturated heterocycles. The first-order valence-corrected chi connectivity index (χ1v) is 10.8. The van der Waals surface area contributed by atoms with E-state index in [2.05, 4.69) is 15.3 Å². The van der Waals surface area contributed by atoms with Gasteiger partial charge in [-0.25, -0.2) is 26.3 Å². The minimum Gasteiger partial charge on any atom is -0.744 e. The van der Waals surface area contributed by atoms with Crippen LogP contribution in [-0.2, 0) is 20.2 Å². The average molecular weight is 512 g/mol. The molecule has 13 nitrogen and oxygen atoms in total. The summed E-state index contributed by atoms with van der Waals surface area (Å²) in [4.78, 5) is 23.0. The zero-order chi connectivity index (χ0) is 23.0. The van der Waals surface area contributed by atoms with Crippen molar-refractivity contribution in [2.24, 2.45) is 10.2 Å². The summed E-state index contributed by atoms with van der Waals surface area (Å²) in [5.41, 5.74) is -2.13. The molecule has 2 aromatic carbocycles. The van der Waals surface area contributed by atoms with E-state index in [0.29, 0.717) is 0 Å². The maximum absolute atomic E-state index is 12.6. The average Bonchev–Trinajstić information content (AvgIpc) is 3.02. The second kappa shape index (κ2) is 11.2. The molecule has 0 amide bonds. The third kappa shape index (κ3) is 6.92. The Morgan fingerprint density at radius 2 is 1.30 bits per heavy atom. The fraction of sp³-hybridized carbons (Fsp3) is 0. The van der Waals surface area contributed by atoms with Crippen molar-refractivity contribution in [3.05, 3.63) is 64.6 Å². The molecule has 0 saturated carbocycles. The summed E-state index contributed by atoms with van der Waals surface area (Å²) in [5, 5.41) is 18.9. The van der Waals surface area contributed by atoms with Gasteiger partial charge in [0.25, 0.3) is 5.56 Å². The van der Waals surface area contributed by atoms with E-state index >= 15 is 0 Å². The van der Waals surface area contributed by atoms with Gasteiger partial charge in [0.05, 0.1) is 21.2 Å². The fourth-order valence-electron chi connectivity index (χ4n) is 2.40. The summed E-state index contributed by atoms with van der Waals surface area (Å²) in [6.45, 7) is 0. The number of benzene rings is 2. The first-order chi connectivity index (χ1) is 14.4. The number of H-pyrrole nitrogens is 1. The van der Waals surface area contributed by atoms with Crippen molar-refractivity contribution < 1.29 is 95.0 Å². The molecule has 2 N–H and O–H groups in total. The Kier molecular flexibility index (Phi) is 9.95. The Bertz CT molecular complexity index is 1460. The van der Waals surface area contributed by atoms with Gasteiger partial charge in [-0.1, -0.05) is 0 Å². The van der Waals surface area contributed by atoms with Crippen molar-refractivity contribution in [2.45, 2.75) is 9.79 Å². The van der Waals surface area contributed by atoms with Gasteiger partial charge >= 0.3 is 65.1 Å².